The largest absolute Gasteiger partial charge is 0.451 e. The lowest BCUT2D eigenvalue weighted by Gasteiger charge is -2.28. The number of amides is 2. The van der Waals surface area contributed by atoms with Gasteiger partial charge in [-0.2, -0.15) is 0 Å². The Labute approximate surface area is 277 Å². The number of hydrogen-bond acceptors (Lipinski definition) is 5. The summed E-state index contributed by atoms with van der Waals surface area (Å²) in [5, 5.41) is 6.87. The Bertz CT molecular complexity index is 1500. The molecular formula is C37H49ClFN3O4. The van der Waals surface area contributed by atoms with Gasteiger partial charge in [0, 0.05) is 35.6 Å². The zero-order valence-electron chi connectivity index (χ0n) is 27.5. The Morgan fingerprint density at radius 1 is 1.00 bits per heavy atom. The van der Waals surface area contributed by atoms with Gasteiger partial charge in [0.25, 0.3) is 5.91 Å². The van der Waals surface area contributed by atoms with Gasteiger partial charge >= 0.3 is 0 Å². The first kappa shape index (κ1) is 35.6. The smallest absolute Gasteiger partial charge is 0.287 e. The minimum atomic E-state index is -0.543. The first-order valence-corrected chi connectivity index (χ1v) is 17.1. The van der Waals surface area contributed by atoms with Crippen LogP contribution in [0.3, 0.4) is 0 Å². The van der Waals surface area contributed by atoms with Crippen molar-refractivity contribution in [3.05, 3.63) is 80.9 Å². The molecule has 1 heterocycles. The second-order valence-electron chi connectivity index (χ2n) is 13.8. The molecule has 1 saturated carbocycles. The molecule has 1 fully saturated rings. The molecule has 1 aromatic heterocycles. The molecule has 7 nitrogen and oxygen atoms in total. The second-order valence-corrected chi connectivity index (χ2v) is 14.2. The highest BCUT2D eigenvalue weighted by atomic mass is 35.5. The number of carbonyl (C=O) groups excluding carboxylic acids is 2. The van der Waals surface area contributed by atoms with E-state index in [1.54, 1.807) is 0 Å². The summed E-state index contributed by atoms with van der Waals surface area (Å²) >= 11 is 6.13. The minimum Gasteiger partial charge on any atom is -0.451 e. The summed E-state index contributed by atoms with van der Waals surface area (Å²) < 4.78 is 19.4. The molecule has 0 spiro atoms. The van der Waals surface area contributed by atoms with Crippen molar-refractivity contribution in [2.75, 3.05) is 19.6 Å². The topological polar surface area (TPSA) is 91.7 Å². The molecule has 0 saturated heterocycles. The Morgan fingerprint density at radius 3 is 2.43 bits per heavy atom. The van der Waals surface area contributed by atoms with Crippen LogP contribution < -0.4 is 16.1 Å². The van der Waals surface area contributed by atoms with Crippen LogP contribution in [0, 0.1) is 11.7 Å². The molecule has 2 amide bonds. The standard InChI is InChI=1S/C37H49ClFN3O4/c1-37(2,3)41-35(44)12-8-21-42(20-7-11-26-9-5-4-6-10-26)22-19-30(23-27-13-15-28(38)16-14-27)40-36(45)34-25-32(43)31-24-29(39)17-18-33(31)46-34/h13-18,24-26,30H,4-12,19-23H2,1-3H3,(H,40,45)(H,41,44)/t30-/m1/s1. The maximum atomic E-state index is 13.7. The maximum Gasteiger partial charge on any atom is 0.287 e. The van der Waals surface area contributed by atoms with Gasteiger partial charge in [-0.05, 0) is 108 Å². The highest BCUT2D eigenvalue weighted by Crippen LogP contribution is 2.27. The van der Waals surface area contributed by atoms with Crippen LogP contribution in [-0.2, 0) is 11.2 Å². The van der Waals surface area contributed by atoms with E-state index in [-0.39, 0.29) is 34.2 Å². The summed E-state index contributed by atoms with van der Waals surface area (Å²) in [7, 11) is 0. The SMILES string of the molecule is CC(C)(C)NC(=O)CCCN(CCCC1CCCCC1)CC[C@H](Cc1ccc(Cl)cc1)NC(=O)c1cc(=O)c2cc(F)ccc2o1. The summed E-state index contributed by atoms with van der Waals surface area (Å²) in [6, 6.07) is 12.1. The van der Waals surface area contributed by atoms with E-state index in [1.807, 2.05) is 45.0 Å². The van der Waals surface area contributed by atoms with Crippen molar-refractivity contribution in [1.29, 1.82) is 0 Å². The van der Waals surface area contributed by atoms with E-state index in [0.717, 1.165) is 56.1 Å². The lowest BCUT2D eigenvalue weighted by molar-refractivity contribution is -0.122. The molecule has 4 rings (SSSR count). The molecule has 0 bridgehead atoms. The van der Waals surface area contributed by atoms with E-state index in [2.05, 4.69) is 15.5 Å². The van der Waals surface area contributed by atoms with E-state index in [9.17, 15) is 18.8 Å². The molecule has 1 atom stereocenters. The third kappa shape index (κ3) is 11.8. The van der Waals surface area contributed by atoms with Gasteiger partial charge in [-0.15, -0.1) is 0 Å². The molecule has 9 heteroatoms. The predicted octanol–water partition coefficient (Wildman–Crippen LogP) is 7.67. The quantitative estimate of drug-likeness (QED) is 0.176. The fourth-order valence-electron chi connectivity index (χ4n) is 6.32. The number of nitrogens with zero attached hydrogens (tertiary/aromatic N) is 1. The van der Waals surface area contributed by atoms with Crippen molar-refractivity contribution in [1.82, 2.24) is 15.5 Å². The van der Waals surface area contributed by atoms with Crippen molar-refractivity contribution < 1.29 is 18.4 Å². The van der Waals surface area contributed by atoms with E-state index in [1.165, 1.54) is 50.7 Å². The van der Waals surface area contributed by atoms with Crippen molar-refractivity contribution in [3.8, 4) is 0 Å². The summed E-state index contributed by atoms with van der Waals surface area (Å²) in [6.07, 6.45) is 11.4. The van der Waals surface area contributed by atoms with Crippen LogP contribution in [0.15, 0.2) is 57.7 Å². The molecule has 250 valence electrons. The van der Waals surface area contributed by atoms with Crippen molar-refractivity contribution in [2.45, 2.75) is 103 Å². The zero-order valence-corrected chi connectivity index (χ0v) is 28.3. The molecule has 1 aliphatic carbocycles. The lowest BCUT2D eigenvalue weighted by Crippen LogP contribution is -2.41. The highest BCUT2D eigenvalue weighted by molar-refractivity contribution is 6.30. The van der Waals surface area contributed by atoms with Crippen LogP contribution in [0.5, 0.6) is 0 Å². The zero-order chi connectivity index (χ0) is 33.1. The Kier molecular flexibility index (Phi) is 13.2. The molecule has 3 aromatic rings. The Morgan fingerprint density at radius 2 is 1.72 bits per heavy atom. The molecule has 1 aliphatic rings. The first-order valence-electron chi connectivity index (χ1n) is 16.8. The molecule has 46 heavy (non-hydrogen) atoms. The summed E-state index contributed by atoms with van der Waals surface area (Å²) in [5.41, 5.74) is 0.449. The van der Waals surface area contributed by atoms with Gasteiger partial charge in [0.2, 0.25) is 5.91 Å². The normalized spacial score (nSPS) is 14.8. The average molecular weight is 654 g/mol. The lowest BCUT2D eigenvalue weighted by atomic mass is 9.86. The van der Waals surface area contributed by atoms with Crippen LogP contribution in [0.25, 0.3) is 11.0 Å². The first-order chi connectivity index (χ1) is 21.9. The Balaban J connectivity index is 1.44. The molecule has 2 N–H and O–H groups in total. The second kappa shape index (κ2) is 17.1. The van der Waals surface area contributed by atoms with Gasteiger partial charge in [0.05, 0.1) is 5.39 Å². The average Bonchev–Trinajstić information content (AvgIpc) is 3.00. The van der Waals surface area contributed by atoms with Crippen molar-refractivity contribution >= 4 is 34.4 Å². The molecule has 0 unspecified atom stereocenters. The van der Waals surface area contributed by atoms with Crippen molar-refractivity contribution in [3.63, 3.8) is 0 Å². The maximum absolute atomic E-state index is 13.7. The van der Waals surface area contributed by atoms with Crippen LogP contribution in [0.4, 0.5) is 4.39 Å². The minimum absolute atomic E-state index is 0.0575. The van der Waals surface area contributed by atoms with E-state index in [4.69, 9.17) is 16.0 Å². The molecule has 0 aliphatic heterocycles. The number of halogens is 2. The van der Waals surface area contributed by atoms with Gasteiger partial charge in [-0.1, -0.05) is 55.8 Å². The van der Waals surface area contributed by atoms with Crippen LogP contribution in [0.2, 0.25) is 5.02 Å². The van der Waals surface area contributed by atoms with Crippen LogP contribution in [0.1, 0.15) is 101 Å². The van der Waals surface area contributed by atoms with E-state index in [0.29, 0.717) is 24.3 Å². The molecule has 0 radical (unpaired) electrons. The summed E-state index contributed by atoms with van der Waals surface area (Å²) in [5.74, 6) is -0.289. The van der Waals surface area contributed by atoms with Gasteiger partial charge in [-0.3, -0.25) is 14.4 Å². The number of hydrogen-bond donors (Lipinski definition) is 2. The number of fused-ring (bicyclic) bond motifs is 1. The molecular weight excluding hydrogens is 605 g/mol. The third-order valence-corrected chi connectivity index (χ3v) is 8.89. The summed E-state index contributed by atoms with van der Waals surface area (Å²) in [6.45, 7) is 8.43. The number of carbonyl (C=O) groups is 2. The van der Waals surface area contributed by atoms with Gasteiger partial charge in [-0.25, -0.2) is 4.39 Å². The Hall–Kier alpha value is -3.23. The van der Waals surface area contributed by atoms with Crippen LogP contribution >= 0.6 is 11.6 Å². The number of benzene rings is 2. The van der Waals surface area contributed by atoms with E-state index >= 15 is 0 Å². The summed E-state index contributed by atoms with van der Waals surface area (Å²) in [4.78, 5) is 41.0. The van der Waals surface area contributed by atoms with Gasteiger partial charge < -0.3 is 20.0 Å². The monoisotopic (exact) mass is 653 g/mol. The highest BCUT2D eigenvalue weighted by Gasteiger charge is 2.21. The molecule has 2 aromatic carbocycles. The number of nitrogens with one attached hydrogen (secondary N) is 2. The van der Waals surface area contributed by atoms with Gasteiger partial charge in [0.1, 0.15) is 11.4 Å². The number of rotatable bonds is 15. The van der Waals surface area contributed by atoms with E-state index < -0.39 is 17.2 Å². The predicted molar refractivity (Wildman–Crippen MR) is 183 cm³/mol. The van der Waals surface area contributed by atoms with Crippen LogP contribution in [-0.4, -0.2) is 47.9 Å². The third-order valence-electron chi connectivity index (χ3n) is 8.64. The van der Waals surface area contributed by atoms with Gasteiger partial charge in [0.15, 0.2) is 11.2 Å². The van der Waals surface area contributed by atoms with Crippen molar-refractivity contribution in [2.24, 2.45) is 5.92 Å². The fourth-order valence-corrected chi connectivity index (χ4v) is 6.45. The fraction of sp³-hybridized carbons (Fsp3) is 0.541.